The summed E-state index contributed by atoms with van der Waals surface area (Å²) in [7, 11) is 0. The molecular weight excluding hydrogens is 162 g/mol. The highest BCUT2D eigenvalue weighted by molar-refractivity contribution is 5.85. The van der Waals surface area contributed by atoms with Gasteiger partial charge in [0.15, 0.2) is 0 Å². The van der Waals surface area contributed by atoms with Crippen LogP contribution in [0.25, 0.3) is 10.9 Å². The largest absolute Gasteiger partial charge is 0.359 e. The predicted molar refractivity (Wildman–Crippen MR) is 52.8 cm³/mol. The molecule has 0 saturated carbocycles. The van der Waals surface area contributed by atoms with E-state index in [1.807, 2.05) is 25.1 Å². The fourth-order valence-electron chi connectivity index (χ4n) is 1.63. The first-order chi connectivity index (χ1) is 6.31. The van der Waals surface area contributed by atoms with Crippen molar-refractivity contribution >= 4 is 17.2 Å². The molecule has 0 atom stereocenters. The van der Waals surface area contributed by atoms with Gasteiger partial charge in [-0.05, 0) is 24.6 Å². The fourth-order valence-corrected chi connectivity index (χ4v) is 1.63. The number of aromatic amines is 1. The number of benzene rings is 1. The lowest BCUT2D eigenvalue weighted by molar-refractivity contribution is -0.107. The van der Waals surface area contributed by atoms with Crippen LogP contribution in [0.4, 0.5) is 0 Å². The third-order valence-corrected chi connectivity index (χ3v) is 2.19. The predicted octanol–water partition coefficient (Wildman–Crippen LogP) is 2.22. The van der Waals surface area contributed by atoms with Gasteiger partial charge in [-0.15, -0.1) is 0 Å². The first-order valence-electron chi connectivity index (χ1n) is 4.32. The van der Waals surface area contributed by atoms with Crippen molar-refractivity contribution in [2.45, 2.75) is 13.3 Å². The zero-order valence-electron chi connectivity index (χ0n) is 7.50. The lowest BCUT2D eigenvalue weighted by Crippen LogP contribution is -1.85. The summed E-state index contributed by atoms with van der Waals surface area (Å²) in [6.07, 6.45) is 1.44. The smallest absolute Gasteiger partial charge is 0.124 e. The van der Waals surface area contributed by atoms with Gasteiger partial charge in [0.1, 0.15) is 6.29 Å². The second kappa shape index (κ2) is 3.05. The molecule has 1 aromatic heterocycles. The second-order valence-corrected chi connectivity index (χ2v) is 3.20. The maximum absolute atomic E-state index is 10.4. The molecule has 0 spiro atoms. The Kier molecular flexibility index (Phi) is 1.89. The molecule has 2 nitrogen and oxygen atoms in total. The highest BCUT2D eigenvalue weighted by atomic mass is 16.1. The van der Waals surface area contributed by atoms with Crippen molar-refractivity contribution in [1.82, 2.24) is 4.98 Å². The number of hydrogen-bond acceptors (Lipinski definition) is 1. The van der Waals surface area contributed by atoms with E-state index < -0.39 is 0 Å². The number of carbonyl (C=O) groups is 1. The van der Waals surface area contributed by atoms with Crippen molar-refractivity contribution in [3.05, 3.63) is 35.5 Å². The van der Waals surface area contributed by atoms with E-state index >= 15 is 0 Å². The molecular formula is C11H11NO. The average Bonchev–Trinajstić information content (AvgIpc) is 2.47. The molecule has 0 fully saturated rings. The Balaban J connectivity index is 2.67. The minimum Gasteiger partial charge on any atom is -0.359 e. The van der Waals surface area contributed by atoms with Gasteiger partial charge in [-0.25, -0.2) is 0 Å². The van der Waals surface area contributed by atoms with E-state index in [0.717, 1.165) is 28.4 Å². The molecule has 2 rings (SSSR count). The van der Waals surface area contributed by atoms with Crippen LogP contribution in [0.3, 0.4) is 0 Å². The Morgan fingerprint density at radius 3 is 3.08 bits per heavy atom. The van der Waals surface area contributed by atoms with Gasteiger partial charge in [0, 0.05) is 23.0 Å². The molecule has 66 valence electrons. The van der Waals surface area contributed by atoms with Gasteiger partial charge in [-0.2, -0.15) is 0 Å². The third kappa shape index (κ3) is 1.35. The molecule has 0 saturated heterocycles. The van der Waals surface area contributed by atoms with Gasteiger partial charge >= 0.3 is 0 Å². The Hall–Kier alpha value is -1.57. The highest BCUT2D eigenvalue weighted by Crippen LogP contribution is 2.19. The number of aromatic nitrogens is 1. The summed E-state index contributed by atoms with van der Waals surface area (Å²) in [4.78, 5) is 13.7. The molecule has 0 bridgehead atoms. The van der Waals surface area contributed by atoms with Crippen molar-refractivity contribution in [1.29, 1.82) is 0 Å². The van der Waals surface area contributed by atoms with Crippen molar-refractivity contribution < 1.29 is 4.79 Å². The Morgan fingerprint density at radius 1 is 1.46 bits per heavy atom. The molecule has 0 aliphatic rings. The van der Waals surface area contributed by atoms with Crippen LogP contribution in [0.2, 0.25) is 0 Å². The molecule has 1 heterocycles. The summed E-state index contributed by atoms with van der Waals surface area (Å²) in [6, 6.07) is 8.06. The zero-order chi connectivity index (χ0) is 9.26. The quantitative estimate of drug-likeness (QED) is 0.694. The highest BCUT2D eigenvalue weighted by Gasteiger charge is 2.01. The van der Waals surface area contributed by atoms with Crippen LogP contribution < -0.4 is 0 Å². The first kappa shape index (κ1) is 8.05. The van der Waals surface area contributed by atoms with E-state index in [2.05, 4.69) is 11.1 Å². The molecule has 0 amide bonds. The summed E-state index contributed by atoms with van der Waals surface area (Å²) >= 11 is 0. The van der Waals surface area contributed by atoms with Crippen LogP contribution >= 0.6 is 0 Å². The van der Waals surface area contributed by atoms with Crippen LogP contribution in [0.15, 0.2) is 24.3 Å². The van der Waals surface area contributed by atoms with E-state index in [0.29, 0.717) is 6.42 Å². The van der Waals surface area contributed by atoms with Crippen LogP contribution in [0.1, 0.15) is 11.3 Å². The van der Waals surface area contributed by atoms with Gasteiger partial charge in [0.05, 0.1) is 0 Å². The Labute approximate surface area is 76.6 Å². The number of aldehydes is 1. The summed E-state index contributed by atoms with van der Waals surface area (Å²) in [5, 5.41) is 1.16. The molecule has 0 radical (unpaired) electrons. The summed E-state index contributed by atoms with van der Waals surface area (Å²) < 4.78 is 0. The second-order valence-electron chi connectivity index (χ2n) is 3.20. The van der Waals surface area contributed by atoms with E-state index in [-0.39, 0.29) is 0 Å². The molecule has 2 heteroatoms. The number of H-pyrrole nitrogens is 1. The van der Waals surface area contributed by atoms with Crippen molar-refractivity contribution in [2.75, 3.05) is 0 Å². The Morgan fingerprint density at radius 2 is 2.31 bits per heavy atom. The van der Waals surface area contributed by atoms with Crippen molar-refractivity contribution in [3.63, 3.8) is 0 Å². The summed E-state index contributed by atoms with van der Waals surface area (Å²) in [5.41, 5.74) is 3.34. The minimum atomic E-state index is 0.495. The average molecular weight is 173 g/mol. The van der Waals surface area contributed by atoms with Gasteiger partial charge in [-0.1, -0.05) is 12.1 Å². The SMILES string of the molecule is Cc1cc2c(CC=O)cccc2[nH]1. The van der Waals surface area contributed by atoms with E-state index in [4.69, 9.17) is 0 Å². The number of nitrogens with one attached hydrogen (secondary N) is 1. The topological polar surface area (TPSA) is 32.9 Å². The molecule has 0 aliphatic heterocycles. The van der Waals surface area contributed by atoms with Gasteiger partial charge in [0.2, 0.25) is 0 Å². The summed E-state index contributed by atoms with van der Waals surface area (Å²) in [6.45, 7) is 2.02. The standard InChI is InChI=1S/C11H11NO/c1-8-7-10-9(5-6-13)3-2-4-11(10)12-8/h2-4,6-7,12H,5H2,1H3. The fraction of sp³-hybridized carbons (Fsp3) is 0.182. The molecule has 0 aliphatic carbocycles. The lowest BCUT2D eigenvalue weighted by Gasteiger charge is -1.96. The monoisotopic (exact) mass is 173 g/mol. The van der Waals surface area contributed by atoms with Crippen LogP contribution in [0.5, 0.6) is 0 Å². The minimum absolute atomic E-state index is 0.495. The molecule has 13 heavy (non-hydrogen) atoms. The Bertz CT molecular complexity index is 442. The van der Waals surface area contributed by atoms with Crippen LogP contribution in [-0.2, 0) is 11.2 Å². The van der Waals surface area contributed by atoms with Crippen molar-refractivity contribution in [3.8, 4) is 0 Å². The number of aryl methyl sites for hydroxylation is 1. The lowest BCUT2D eigenvalue weighted by atomic mass is 10.1. The maximum atomic E-state index is 10.4. The van der Waals surface area contributed by atoms with Gasteiger partial charge < -0.3 is 9.78 Å². The molecule has 1 N–H and O–H groups in total. The zero-order valence-corrected chi connectivity index (χ0v) is 7.50. The van der Waals surface area contributed by atoms with E-state index in [9.17, 15) is 4.79 Å². The van der Waals surface area contributed by atoms with Crippen molar-refractivity contribution in [2.24, 2.45) is 0 Å². The van der Waals surface area contributed by atoms with Crippen LogP contribution in [-0.4, -0.2) is 11.3 Å². The van der Waals surface area contributed by atoms with Crippen LogP contribution in [0, 0.1) is 6.92 Å². The van der Waals surface area contributed by atoms with E-state index in [1.54, 1.807) is 0 Å². The number of rotatable bonds is 2. The molecule has 1 aromatic carbocycles. The number of hydrogen-bond donors (Lipinski definition) is 1. The first-order valence-corrected chi connectivity index (χ1v) is 4.32. The molecule has 2 aromatic rings. The summed E-state index contributed by atoms with van der Waals surface area (Å²) in [5.74, 6) is 0. The molecule has 0 unspecified atom stereocenters. The van der Waals surface area contributed by atoms with Gasteiger partial charge in [0.25, 0.3) is 0 Å². The van der Waals surface area contributed by atoms with Gasteiger partial charge in [-0.3, -0.25) is 0 Å². The number of carbonyl (C=O) groups excluding carboxylic acids is 1. The maximum Gasteiger partial charge on any atom is 0.124 e. The number of fused-ring (bicyclic) bond motifs is 1. The third-order valence-electron chi connectivity index (χ3n) is 2.19. The normalized spacial score (nSPS) is 10.5. The van der Waals surface area contributed by atoms with E-state index in [1.165, 1.54) is 0 Å².